The fourth-order valence-electron chi connectivity index (χ4n) is 2.96. The summed E-state index contributed by atoms with van der Waals surface area (Å²) in [4.78, 5) is 10.8. The minimum absolute atomic E-state index is 0.262. The third-order valence-corrected chi connectivity index (χ3v) is 4.32. The third kappa shape index (κ3) is 3.37. The number of carbonyl (C=O) groups is 1. The van der Waals surface area contributed by atoms with Crippen LogP contribution in [0.25, 0.3) is 0 Å². The molecule has 1 saturated carbocycles. The molecule has 1 unspecified atom stereocenters. The maximum Gasteiger partial charge on any atom is 0.338 e. The van der Waals surface area contributed by atoms with Crippen LogP contribution in [0.1, 0.15) is 55.5 Å². The van der Waals surface area contributed by atoms with Crippen molar-refractivity contribution in [1.82, 2.24) is 5.32 Å². The molecule has 2 N–H and O–H groups in total. The average molecular weight is 279 g/mol. The highest BCUT2D eigenvalue weighted by Crippen LogP contribution is 2.35. The van der Waals surface area contributed by atoms with E-state index in [0.717, 1.165) is 12.0 Å². The van der Waals surface area contributed by atoms with E-state index in [2.05, 4.69) is 19.2 Å². The van der Waals surface area contributed by atoms with Gasteiger partial charge in [0.05, 0.1) is 5.56 Å². The van der Waals surface area contributed by atoms with E-state index in [0.29, 0.717) is 12.6 Å². The molecule has 0 aromatic heterocycles. The standard InChI is InChI=1S/C16H22FNO2/c1-16(2)8-4-3-5-14(16)18-10-11-6-7-12(15(19)20)13(17)9-11/h6-7,9,14,18H,3-5,8,10H2,1-2H3,(H,19,20). The lowest BCUT2D eigenvalue weighted by Crippen LogP contribution is -2.43. The molecule has 0 radical (unpaired) electrons. The van der Waals surface area contributed by atoms with E-state index in [1.807, 2.05) is 0 Å². The molecule has 0 bridgehead atoms. The molecule has 0 spiro atoms. The summed E-state index contributed by atoms with van der Waals surface area (Å²) in [5.74, 6) is -1.89. The normalized spacial score (nSPS) is 21.6. The molecular formula is C16H22FNO2. The number of aromatic carboxylic acids is 1. The lowest BCUT2D eigenvalue weighted by Gasteiger charge is -2.39. The van der Waals surface area contributed by atoms with Crippen molar-refractivity contribution >= 4 is 5.97 Å². The van der Waals surface area contributed by atoms with Gasteiger partial charge in [0.1, 0.15) is 5.82 Å². The van der Waals surface area contributed by atoms with Crippen LogP contribution in [-0.4, -0.2) is 17.1 Å². The average Bonchev–Trinajstić information content (AvgIpc) is 2.36. The zero-order valence-electron chi connectivity index (χ0n) is 12.1. The molecule has 0 amide bonds. The van der Waals surface area contributed by atoms with E-state index in [1.165, 1.54) is 31.4 Å². The Morgan fingerprint density at radius 3 is 2.80 bits per heavy atom. The lowest BCUT2D eigenvalue weighted by atomic mass is 9.73. The number of rotatable bonds is 4. The molecule has 1 aliphatic carbocycles. The number of hydrogen-bond donors (Lipinski definition) is 2. The highest BCUT2D eigenvalue weighted by atomic mass is 19.1. The largest absolute Gasteiger partial charge is 0.478 e. The SMILES string of the molecule is CC1(C)CCCCC1NCc1ccc(C(=O)O)c(F)c1. The Morgan fingerprint density at radius 2 is 2.20 bits per heavy atom. The Labute approximate surface area is 119 Å². The predicted octanol–water partition coefficient (Wildman–Crippen LogP) is 3.58. The first-order valence-electron chi connectivity index (χ1n) is 7.15. The quantitative estimate of drug-likeness (QED) is 0.885. The summed E-state index contributed by atoms with van der Waals surface area (Å²) in [5.41, 5.74) is 0.776. The Bertz CT molecular complexity index is 499. The third-order valence-electron chi connectivity index (χ3n) is 4.32. The van der Waals surface area contributed by atoms with Crippen LogP contribution in [0.3, 0.4) is 0 Å². The van der Waals surface area contributed by atoms with Gasteiger partial charge in [-0.05, 0) is 36.0 Å². The van der Waals surface area contributed by atoms with E-state index in [-0.39, 0.29) is 11.0 Å². The number of carboxylic acid groups (broad SMARTS) is 1. The van der Waals surface area contributed by atoms with Crippen LogP contribution in [0.4, 0.5) is 4.39 Å². The number of hydrogen-bond acceptors (Lipinski definition) is 2. The summed E-state index contributed by atoms with van der Waals surface area (Å²) in [6, 6.07) is 4.75. The Kier molecular flexibility index (Phi) is 4.43. The maximum atomic E-state index is 13.6. The molecule has 1 atom stereocenters. The minimum Gasteiger partial charge on any atom is -0.478 e. The van der Waals surface area contributed by atoms with Crippen LogP contribution in [-0.2, 0) is 6.54 Å². The van der Waals surface area contributed by atoms with Gasteiger partial charge < -0.3 is 10.4 Å². The highest BCUT2D eigenvalue weighted by Gasteiger charge is 2.31. The van der Waals surface area contributed by atoms with Gasteiger partial charge in [-0.15, -0.1) is 0 Å². The van der Waals surface area contributed by atoms with E-state index in [9.17, 15) is 9.18 Å². The summed E-state index contributed by atoms with van der Waals surface area (Å²) in [5, 5.41) is 12.3. The Morgan fingerprint density at radius 1 is 1.45 bits per heavy atom. The van der Waals surface area contributed by atoms with Crippen molar-refractivity contribution in [2.75, 3.05) is 0 Å². The van der Waals surface area contributed by atoms with Crippen LogP contribution in [0.15, 0.2) is 18.2 Å². The predicted molar refractivity (Wildman–Crippen MR) is 76.2 cm³/mol. The van der Waals surface area contributed by atoms with Crippen molar-refractivity contribution in [1.29, 1.82) is 0 Å². The molecule has 1 aromatic rings. The molecule has 20 heavy (non-hydrogen) atoms. The maximum absolute atomic E-state index is 13.6. The van der Waals surface area contributed by atoms with E-state index in [1.54, 1.807) is 6.07 Å². The van der Waals surface area contributed by atoms with Gasteiger partial charge in [0.15, 0.2) is 0 Å². The number of halogens is 1. The van der Waals surface area contributed by atoms with Gasteiger partial charge in [0, 0.05) is 12.6 Å². The molecule has 0 heterocycles. The molecule has 1 fully saturated rings. The van der Waals surface area contributed by atoms with Crippen LogP contribution in [0, 0.1) is 11.2 Å². The summed E-state index contributed by atoms with van der Waals surface area (Å²) < 4.78 is 13.6. The zero-order chi connectivity index (χ0) is 14.8. The van der Waals surface area contributed by atoms with Gasteiger partial charge in [0.2, 0.25) is 0 Å². The van der Waals surface area contributed by atoms with Crippen molar-refractivity contribution in [2.24, 2.45) is 5.41 Å². The van der Waals surface area contributed by atoms with Crippen molar-refractivity contribution < 1.29 is 14.3 Å². The Hall–Kier alpha value is -1.42. The van der Waals surface area contributed by atoms with Crippen LogP contribution >= 0.6 is 0 Å². The number of nitrogens with one attached hydrogen (secondary N) is 1. The second-order valence-electron chi connectivity index (χ2n) is 6.29. The van der Waals surface area contributed by atoms with Crippen molar-refractivity contribution in [3.8, 4) is 0 Å². The van der Waals surface area contributed by atoms with E-state index >= 15 is 0 Å². The molecule has 1 aromatic carbocycles. The van der Waals surface area contributed by atoms with Gasteiger partial charge in [0.25, 0.3) is 0 Å². The summed E-state index contributed by atoms with van der Waals surface area (Å²) in [6.07, 6.45) is 4.85. The molecule has 2 rings (SSSR count). The molecule has 3 nitrogen and oxygen atoms in total. The first kappa shape index (κ1) is 15.0. The second-order valence-corrected chi connectivity index (χ2v) is 6.29. The van der Waals surface area contributed by atoms with Crippen LogP contribution in [0.2, 0.25) is 0 Å². The Balaban J connectivity index is 2.00. The fraction of sp³-hybridized carbons (Fsp3) is 0.562. The van der Waals surface area contributed by atoms with E-state index < -0.39 is 11.8 Å². The van der Waals surface area contributed by atoms with Gasteiger partial charge in [-0.3, -0.25) is 0 Å². The monoisotopic (exact) mass is 279 g/mol. The van der Waals surface area contributed by atoms with Crippen molar-refractivity contribution in [3.05, 3.63) is 35.1 Å². The van der Waals surface area contributed by atoms with Crippen LogP contribution < -0.4 is 5.32 Å². The summed E-state index contributed by atoms with van der Waals surface area (Å²) >= 11 is 0. The lowest BCUT2D eigenvalue weighted by molar-refractivity contribution is 0.0692. The molecule has 0 aliphatic heterocycles. The van der Waals surface area contributed by atoms with Gasteiger partial charge in [-0.25, -0.2) is 9.18 Å². The molecule has 110 valence electrons. The first-order chi connectivity index (χ1) is 9.40. The highest BCUT2D eigenvalue weighted by molar-refractivity contribution is 5.87. The fourth-order valence-corrected chi connectivity index (χ4v) is 2.96. The molecular weight excluding hydrogens is 257 g/mol. The van der Waals surface area contributed by atoms with E-state index in [4.69, 9.17) is 5.11 Å². The topological polar surface area (TPSA) is 49.3 Å². The zero-order valence-corrected chi connectivity index (χ0v) is 12.1. The molecule has 0 saturated heterocycles. The van der Waals surface area contributed by atoms with Crippen molar-refractivity contribution in [3.63, 3.8) is 0 Å². The number of carboxylic acids is 1. The summed E-state index contributed by atoms with van der Waals surface area (Å²) in [7, 11) is 0. The first-order valence-corrected chi connectivity index (χ1v) is 7.15. The minimum atomic E-state index is -1.23. The van der Waals surface area contributed by atoms with Gasteiger partial charge in [-0.1, -0.05) is 32.8 Å². The molecule has 1 aliphatic rings. The number of benzene rings is 1. The van der Waals surface area contributed by atoms with Gasteiger partial charge in [-0.2, -0.15) is 0 Å². The molecule has 4 heteroatoms. The smallest absolute Gasteiger partial charge is 0.338 e. The summed E-state index contributed by atoms with van der Waals surface area (Å²) in [6.45, 7) is 5.10. The van der Waals surface area contributed by atoms with Crippen LogP contribution in [0.5, 0.6) is 0 Å². The van der Waals surface area contributed by atoms with Gasteiger partial charge >= 0.3 is 5.97 Å². The van der Waals surface area contributed by atoms with Crippen molar-refractivity contribution in [2.45, 2.75) is 52.1 Å². The second kappa shape index (κ2) is 5.92.